The lowest BCUT2D eigenvalue weighted by molar-refractivity contribution is -0.123. The van der Waals surface area contributed by atoms with Gasteiger partial charge in [-0.1, -0.05) is 0 Å². The second-order valence-electron chi connectivity index (χ2n) is 3.35. The molecule has 0 atom stereocenters. The standard InChI is InChI=1S/C12H15NO5/c1-13-11(14)7-18-12(15)8-4-9(16-2)6-10(5-8)17-3/h4-6H,7H2,1-3H3,(H,13,14). The molecule has 0 unspecified atom stereocenters. The molecule has 6 nitrogen and oxygen atoms in total. The maximum Gasteiger partial charge on any atom is 0.338 e. The Hall–Kier alpha value is -2.24. The summed E-state index contributed by atoms with van der Waals surface area (Å²) in [6.07, 6.45) is 0. The van der Waals surface area contributed by atoms with Crippen molar-refractivity contribution in [2.45, 2.75) is 0 Å². The van der Waals surface area contributed by atoms with E-state index in [1.165, 1.54) is 33.4 Å². The largest absolute Gasteiger partial charge is 0.497 e. The summed E-state index contributed by atoms with van der Waals surface area (Å²) in [5.41, 5.74) is 0.259. The predicted molar refractivity (Wildman–Crippen MR) is 63.9 cm³/mol. The van der Waals surface area contributed by atoms with E-state index in [0.29, 0.717) is 11.5 Å². The van der Waals surface area contributed by atoms with Crippen molar-refractivity contribution in [3.63, 3.8) is 0 Å². The summed E-state index contributed by atoms with van der Waals surface area (Å²) in [7, 11) is 4.42. The van der Waals surface area contributed by atoms with Gasteiger partial charge in [-0.2, -0.15) is 0 Å². The highest BCUT2D eigenvalue weighted by Crippen LogP contribution is 2.22. The van der Waals surface area contributed by atoms with E-state index in [-0.39, 0.29) is 18.1 Å². The van der Waals surface area contributed by atoms with Gasteiger partial charge in [0.2, 0.25) is 0 Å². The van der Waals surface area contributed by atoms with Gasteiger partial charge in [-0.15, -0.1) is 0 Å². The first-order valence-electron chi connectivity index (χ1n) is 5.21. The molecule has 18 heavy (non-hydrogen) atoms. The van der Waals surface area contributed by atoms with E-state index in [9.17, 15) is 9.59 Å². The van der Waals surface area contributed by atoms with Gasteiger partial charge in [0.1, 0.15) is 11.5 Å². The number of rotatable bonds is 5. The van der Waals surface area contributed by atoms with Gasteiger partial charge in [-0.05, 0) is 12.1 Å². The molecule has 0 spiro atoms. The van der Waals surface area contributed by atoms with E-state index < -0.39 is 5.97 Å². The molecule has 0 fully saturated rings. The summed E-state index contributed by atoms with van der Waals surface area (Å²) >= 11 is 0. The van der Waals surface area contributed by atoms with Gasteiger partial charge < -0.3 is 19.5 Å². The van der Waals surface area contributed by atoms with Crippen molar-refractivity contribution in [3.8, 4) is 11.5 Å². The second kappa shape index (κ2) is 6.48. The van der Waals surface area contributed by atoms with Gasteiger partial charge in [-0.3, -0.25) is 4.79 Å². The minimum absolute atomic E-state index is 0.259. The molecule has 1 aromatic rings. The van der Waals surface area contributed by atoms with Gasteiger partial charge in [-0.25, -0.2) is 4.79 Å². The van der Waals surface area contributed by atoms with Crippen LogP contribution in [-0.4, -0.2) is 39.8 Å². The lowest BCUT2D eigenvalue weighted by Crippen LogP contribution is -2.25. The lowest BCUT2D eigenvalue weighted by Gasteiger charge is -2.08. The Balaban J connectivity index is 2.81. The predicted octanol–water partition coefficient (Wildman–Crippen LogP) is 0.607. The van der Waals surface area contributed by atoms with Gasteiger partial charge in [0.05, 0.1) is 19.8 Å². The van der Waals surface area contributed by atoms with Crippen LogP contribution in [0.5, 0.6) is 11.5 Å². The highest BCUT2D eigenvalue weighted by molar-refractivity contribution is 5.92. The van der Waals surface area contributed by atoms with Crippen molar-refractivity contribution < 1.29 is 23.8 Å². The Morgan fingerprint density at radius 3 is 2.11 bits per heavy atom. The number of amides is 1. The molecular weight excluding hydrogens is 238 g/mol. The Morgan fingerprint density at radius 1 is 1.11 bits per heavy atom. The van der Waals surface area contributed by atoms with Crippen LogP contribution >= 0.6 is 0 Å². The molecule has 1 aromatic carbocycles. The van der Waals surface area contributed by atoms with Crippen LogP contribution in [-0.2, 0) is 9.53 Å². The molecule has 1 N–H and O–H groups in total. The molecule has 0 saturated heterocycles. The molecule has 1 rings (SSSR count). The maximum absolute atomic E-state index is 11.7. The van der Waals surface area contributed by atoms with Crippen LogP contribution in [0.4, 0.5) is 0 Å². The fourth-order valence-electron chi connectivity index (χ4n) is 1.21. The van der Waals surface area contributed by atoms with Crippen molar-refractivity contribution in [2.75, 3.05) is 27.9 Å². The third-order valence-corrected chi connectivity index (χ3v) is 2.20. The Kier molecular flexibility index (Phi) is 4.98. The van der Waals surface area contributed by atoms with Crippen molar-refractivity contribution in [3.05, 3.63) is 23.8 Å². The number of benzene rings is 1. The van der Waals surface area contributed by atoms with Crippen LogP contribution < -0.4 is 14.8 Å². The number of esters is 1. The van der Waals surface area contributed by atoms with Crippen LogP contribution in [0, 0.1) is 0 Å². The molecule has 0 aromatic heterocycles. The van der Waals surface area contributed by atoms with Gasteiger partial charge in [0.15, 0.2) is 6.61 Å². The van der Waals surface area contributed by atoms with E-state index in [1.807, 2.05) is 0 Å². The normalized spacial score (nSPS) is 9.50. The smallest absolute Gasteiger partial charge is 0.338 e. The average Bonchev–Trinajstić information content (AvgIpc) is 2.43. The van der Waals surface area contributed by atoms with E-state index >= 15 is 0 Å². The molecular formula is C12H15NO5. The summed E-state index contributed by atoms with van der Waals surface area (Å²) in [4.78, 5) is 22.6. The first-order valence-corrected chi connectivity index (χ1v) is 5.21. The van der Waals surface area contributed by atoms with Crippen LogP contribution in [0.25, 0.3) is 0 Å². The number of hydrogen-bond donors (Lipinski definition) is 1. The Bertz CT molecular complexity index is 422. The zero-order chi connectivity index (χ0) is 13.5. The highest BCUT2D eigenvalue weighted by atomic mass is 16.5. The van der Waals surface area contributed by atoms with Crippen molar-refractivity contribution in [2.24, 2.45) is 0 Å². The Morgan fingerprint density at radius 2 is 1.67 bits per heavy atom. The summed E-state index contributed by atoms with van der Waals surface area (Å²) in [6.45, 7) is -0.325. The molecule has 0 radical (unpaired) electrons. The molecule has 6 heteroatoms. The van der Waals surface area contributed by atoms with Gasteiger partial charge in [0, 0.05) is 13.1 Å². The molecule has 0 aliphatic heterocycles. The zero-order valence-electron chi connectivity index (χ0n) is 10.5. The van der Waals surface area contributed by atoms with E-state index in [1.54, 1.807) is 6.07 Å². The molecule has 0 heterocycles. The quantitative estimate of drug-likeness (QED) is 0.778. The summed E-state index contributed by atoms with van der Waals surface area (Å²) in [6, 6.07) is 4.65. The maximum atomic E-state index is 11.7. The first kappa shape index (κ1) is 13.8. The molecule has 0 saturated carbocycles. The number of carbonyl (C=O) groups is 2. The average molecular weight is 253 g/mol. The van der Waals surface area contributed by atoms with Crippen molar-refractivity contribution >= 4 is 11.9 Å². The zero-order valence-corrected chi connectivity index (χ0v) is 10.5. The molecule has 1 amide bonds. The van der Waals surface area contributed by atoms with E-state index in [4.69, 9.17) is 14.2 Å². The summed E-state index contributed by atoms with van der Waals surface area (Å²) in [5.74, 6) is -0.0449. The monoisotopic (exact) mass is 253 g/mol. The number of methoxy groups -OCH3 is 2. The summed E-state index contributed by atoms with van der Waals surface area (Å²) < 4.78 is 14.9. The Labute approximate surface area is 105 Å². The highest BCUT2D eigenvalue weighted by Gasteiger charge is 2.12. The van der Waals surface area contributed by atoms with Crippen LogP contribution in [0.2, 0.25) is 0 Å². The lowest BCUT2D eigenvalue weighted by atomic mass is 10.2. The van der Waals surface area contributed by atoms with Crippen LogP contribution in [0.15, 0.2) is 18.2 Å². The molecule has 98 valence electrons. The number of nitrogens with one attached hydrogen (secondary N) is 1. The van der Waals surface area contributed by atoms with Crippen molar-refractivity contribution in [1.82, 2.24) is 5.32 Å². The SMILES string of the molecule is CNC(=O)COC(=O)c1cc(OC)cc(OC)c1. The van der Waals surface area contributed by atoms with Gasteiger partial charge >= 0.3 is 5.97 Å². The minimum atomic E-state index is -0.615. The fourth-order valence-corrected chi connectivity index (χ4v) is 1.21. The topological polar surface area (TPSA) is 73.9 Å². The van der Waals surface area contributed by atoms with Gasteiger partial charge in [0.25, 0.3) is 5.91 Å². The van der Waals surface area contributed by atoms with Crippen LogP contribution in [0.3, 0.4) is 0 Å². The van der Waals surface area contributed by atoms with Crippen molar-refractivity contribution in [1.29, 1.82) is 0 Å². The third kappa shape index (κ3) is 3.65. The number of ether oxygens (including phenoxy) is 3. The van der Waals surface area contributed by atoms with E-state index in [2.05, 4.69) is 5.32 Å². The number of hydrogen-bond acceptors (Lipinski definition) is 5. The molecule has 0 aliphatic rings. The fraction of sp³-hybridized carbons (Fsp3) is 0.333. The third-order valence-electron chi connectivity index (χ3n) is 2.20. The first-order chi connectivity index (χ1) is 8.60. The second-order valence-corrected chi connectivity index (χ2v) is 3.35. The molecule has 0 bridgehead atoms. The summed E-state index contributed by atoms with van der Waals surface area (Å²) in [5, 5.41) is 2.35. The van der Waals surface area contributed by atoms with E-state index in [0.717, 1.165) is 0 Å². The molecule has 0 aliphatic carbocycles. The minimum Gasteiger partial charge on any atom is -0.497 e. The number of carbonyl (C=O) groups excluding carboxylic acids is 2. The van der Waals surface area contributed by atoms with Crippen LogP contribution in [0.1, 0.15) is 10.4 Å². The number of likely N-dealkylation sites (N-methyl/N-ethyl adjacent to an activating group) is 1.